The molecule has 0 fully saturated rings. The summed E-state index contributed by atoms with van der Waals surface area (Å²) in [5, 5.41) is 3.45. The second-order valence-electron chi connectivity index (χ2n) is 6.53. The summed E-state index contributed by atoms with van der Waals surface area (Å²) in [4.78, 5) is 17.4. The van der Waals surface area contributed by atoms with Crippen LogP contribution in [-0.2, 0) is 24.1 Å². The first-order chi connectivity index (χ1) is 12.7. The zero-order valence-electron chi connectivity index (χ0n) is 14.8. The van der Waals surface area contributed by atoms with Crippen LogP contribution in [0.1, 0.15) is 29.2 Å². The SMILES string of the molecule is Cc1cccc(/C=C/[C@@H](N)CC(=O)N2CCn3nc(C(F)(F)F)nc3C2)c1. The Balaban J connectivity index is 1.59. The molecule has 1 aromatic heterocycles. The fourth-order valence-electron chi connectivity index (χ4n) is 2.88. The van der Waals surface area contributed by atoms with E-state index < -0.39 is 18.0 Å². The zero-order valence-corrected chi connectivity index (χ0v) is 14.8. The number of fused-ring (bicyclic) bond motifs is 1. The standard InChI is InChI=1S/C18H20F3N5O/c1-12-3-2-4-13(9-12)5-6-14(22)10-16(27)25-7-8-26-15(11-25)23-17(24-26)18(19,20)21/h2-6,9,14H,7-8,10-11,22H2,1H3/b6-5+/t14-/m1/s1. The van der Waals surface area contributed by atoms with E-state index in [9.17, 15) is 18.0 Å². The molecule has 2 N–H and O–H groups in total. The topological polar surface area (TPSA) is 77.0 Å². The Kier molecular flexibility index (Phi) is 5.31. The van der Waals surface area contributed by atoms with Gasteiger partial charge in [-0.05, 0) is 12.5 Å². The number of alkyl halides is 3. The molecule has 0 saturated heterocycles. The number of carbonyl (C=O) groups is 1. The number of hydrogen-bond donors (Lipinski definition) is 1. The van der Waals surface area contributed by atoms with Gasteiger partial charge in [0.05, 0.1) is 13.1 Å². The lowest BCUT2D eigenvalue weighted by Gasteiger charge is -2.27. The molecule has 0 spiro atoms. The summed E-state index contributed by atoms with van der Waals surface area (Å²) in [5.74, 6) is -1.27. The number of rotatable bonds is 4. The lowest BCUT2D eigenvalue weighted by molar-refractivity contribution is -0.145. The van der Waals surface area contributed by atoms with Crippen LogP contribution in [0.5, 0.6) is 0 Å². The number of aryl methyl sites for hydroxylation is 1. The van der Waals surface area contributed by atoms with Crippen molar-refractivity contribution >= 4 is 12.0 Å². The average Bonchev–Trinajstić information content (AvgIpc) is 3.03. The molecule has 27 heavy (non-hydrogen) atoms. The molecule has 0 aliphatic carbocycles. The van der Waals surface area contributed by atoms with Crippen molar-refractivity contribution in [3.05, 3.63) is 53.1 Å². The van der Waals surface area contributed by atoms with Crippen LogP contribution in [0.4, 0.5) is 13.2 Å². The van der Waals surface area contributed by atoms with Crippen molar-refractivity contribution in [1.29, 1.82) is 0 Å². The quantitative estimate of drug-likeness (QED) is 0.885. The van der Waals surface area contributed by atoms with E-state index in [-0.39, 0.29) is 37.8 Å². The Morgan fingerprint density at radius 1 is 1.37 bits per heavy atom. The second-order valence-corrected chi connectivity index (χ2v) is 6.53. The summed E-state index contributed by atoms with van der Waals surface area (Å²) >= 11 is 0. The van der Waals surface area contributed by atoms with Gasteiger partial charge in [-0.1, -0.05) is 42.0 Å². The molecule has 9 heteroatoms. The highest BCUT2D eigenvalue weighted by Gasteiger charge is 2.38. The van der Waals surface area contributed by atoms with Gasteiger partial charge in [-0.25, -0.2) is 9.67 Å². The molecule has 1 amide bonds. The van der Waals surface area contributed by atoms with Crippen LogP contribution in [0.25, 0.3) is 6.08 Å². The molecular formula is C18H20F3N5O. The van der Waals surface area contributed by atoms with Crippen molar-refractivity contribution in [3.63, 3.8) is 0 Å². The molecule has 3 rings (SSSR count). The van der Waals surface area contributed by atoms with Gasteiger partial charge in [-0.2, -0.15) is 13.2 Å². The Labute approximate surface area is 154 Å². The number of nitrogens with zero attached hydrogens (tertiary/aromatic N) is 4. The van der Waals surface area contributed by atoms with Gasteiger partial charge in [0, 0.05) is 19.0 Å². The summed E-state index contributed by atoms with van der Waals surface area (Å²) in [6.45, 7) is 2.44. The Hall–Kier alpha value is -2.68. The average molecular weight is 379 g/mol. The van der Waals surface area contributed by atoms with Gasteiger partial charge >= 0.3 is 6.18 Å². The Morgan fingerprint density at radius 3 is 2.85 bits per heavy atom. The van der Waals surface area contributed by atoms with Crippen LogP contribution in [-0.4, -0.2) is 38.2 Å². The van der Waals surface area contributed by atoms with Gasteiger partial charge in [0.1, 0.15) is 5.82 Å². The van der Waals surface area contributed by atoms with E-state index in [0.717, 1.165) is 11.1 Å². The van der Waals surface area contributed by atoms with Crippen molar-refractivity contribution in [2.24, 2.45) is 5.73 Å². The molecule has 144 valence electrons. The van der Waals surface area contributed by atoms with Gasteiger partial charge in [0.25, 0.3) is 5.82 Å². The van der Waals surface area contributed by atoms with E-state index in [2.05, 4.69) is 10.1 Å². The van der Waals surface area contributed by atoms with E-state index in [4.69, 9.17) is 5.73 Å². The van der Waals surface area contributed by atoms with Crippen LogP contribution in [0, 0.1) is 6.92 Å². The highest BCUT2D eigenvalue weighted by Crippen LogP contribution is 2.27. The number of aromatic nitrogens is 3. The van der Waals surface area contributed by atoms with E-state index in [1.165, 1.54) is 9.58 Å². The molecule has 1 atom stereocenters. The Morgan fingerprint density at radius 2 is 2.15 bits per heavy atom. The van der Waals surface area contributed by atoms with Crippen molar-refractivity contribution in [1.82, 2.24) is 19.7 Å². The van der Waals surface area contributed by atoms with Crippen LogP contribution < -0.4 is 5.73 Å². The third-order valence-corrected chi connectivity index (χ3v) is 4.26. The highest BCUT2D eigenvalue weighted by atomic mass is 19.4. The minimum Gasteiger partial charge on any atom is -0.333 e. The molecule has 0 bridgehead atoms. The number of nitrogens with two attached hydrogens (primary N) is 1. The monoisotopic (exact) mass is 379 g/mol. The smallest absolute Gasteiger partial charge is 0.333 e. The van der Waals surface area contributed by atoms with Crippen molar-refractivity contribution < 1.29 is 18.0 Å². The molecule has 6 nitrogen and oxygen atoms in total. The van der Waals surface area contributed by atoms with Crippen LogP contribution in [0.15, 0.2) is 30.3 Å². The second kappa shape index (κ2) is 7.51. The molecule has 2 heterocycles. The summed E-state index contributed by atoms with van der Waals surface area (Å²) in [6, 6.07) is 7.38. The third kappa shape index (κ3) is 4.73. The minimum absolute atomic E-state index is 0.00374. The molecule has 1 aromatic carbocycles. The molecule has 2 aromatic rings. The highest BCUT2D eigenvalue weighted by molar-refractivity contribution is 5.77. The lowest BCUT2D eigenvalue weighted by Crippen LogP contribution is -2.40. The van der Waals surface area contributed by atoms with Gasteiger partial charge in [-0.15, -0.1) is 5.10 Å². The molecule has 0 radical (unpaired) electrons. The predicted octanol–water partition coefficient (Wildman–Crippen LogP) is 2.38. The first-order valence-corrected chi connectivity index (χ1v) is 8.51. The summed E-state index contributed by atoms with van der Waals surface area (Å²) in [6.07, 6.45) is -0.918. The zero-order chi connectivity index (χ0) is 19.6. The van der Waals surface area contributed by atoms with E-state index >= 15 is 0 Å². The predicted molar refractivity (Wildman–Crippen MR) is 93.2 cm³/mol. The third-order valence-electron chi connectivity index (χ3n) is 4.26. The van der Waals surface area contributed by atoms with Crippen molar-refractivity contribution in [3.8, 4) is 0 Å². The van der Waals surface area contributed by atoms with E-state index in [1.54, 1.807) is 6.08 Å². The number of amides is 1. The maximum atomic E-state index is 12.7. The van der Waals surface area contributed by atoms with Crippen LogP contribution in [0.2, 0.25) is 0 Å². The van der Waals surface area contributed by atoms with E-state index in [0.29, 0.717) is 0 Å². The molecular weight excluding hydrogens is 359 g/mol. The van der Waals surface area contributed by atoms with Gasteiger partial charge in [0.15, 0.2) is 0 Å². The lowest BCUT2D eigenvalue weighted by atomic mass is 10.1. The summed E-state index contributed by atoms with van der Waals surface area (Å²) < 4.78 is 39.3. The van der Waals surface area contributed by atoms with Gasteiger partial charge in [0.2, 0.25) is 5.91 Å². The summed E-state index contributed by atoms with van der Waals surface area (Å²) in [7, 11) is 0. The van der Waals surface area contributed by atoms with Crippen molar-refractivity contribution in [2.75, 3.05) is 6.54 Å². The number of carbonyl (C=O) groups excluding carboxylic acids is 1. The number of hydrogen-bond acceptors (Lipinski definition) is 4. The Bertz CT molecular complexity index is 859. The first-order valence-electron chi connectivity index (χ1n) is 8.51. The largest absolute Gasteiger partial charge is 0.453 e. The molecule has 0 saturated carbocycles. The molecule has 1 aliphatic rings. The first kappa shape index (κ1) is 19.1. The van der Waals surface area contributed by atoms with Crippen LogP contribution >= 0.6 is 0 Å². The maximum Gasteiger partial charge on any atom is 0.453 e. The number of halogens is 3. The van der Waals surface area contributed by atoms with Crippen LogP contribution in [0.3, 0.4) is 0 Å². The normalized spacial score (nSPS) is 15.8. The molecule has 0 unspecified atom stereocenters. The summed E-state index contributed by atoms with van der Waals surface area (Å²) in [5.41, 5.74) is 8.12. The van der Waals surface area contributed by atoms with Crippen molar-refractivity contribution in [2.45, 2.75) is 38.7 Å². The fourth-order valence-corrected chi connectivity index (χ4v) is 2.88. The van der Waals surface area contributed by atoms with E-state index in [1.807, 2.05) is 37.3 Å². The van der Waals surface area contributed by atoms with Gasteiger partial charge in [-0.3, -0.25) is 4.79 Å². The molecule has 1 aliphatic heterocycles. The minimum atomic E-state index is -4.60. The maximum absolute atomic E-state index is 12.7. The van der Waals surface area contributed by atoms with Gasteiger partial charge < -0.3 is 10.6 Å². The fraction of sp³-hybridized carbons (Fsp3) is 0.389. The number of benzene rings is 1.